The number of carboxylic acids is 1. The molecule has 1 heterocycles. The lowest BCUT2D eigenvalue weighted by Crippen LogP contribution is -2.44. The number of nitrogens with zero attached hydrogens (tertiary/aromatic N) is 1. The predicted octanol–water partition coefficient (Wildman–Crippen LogP) is 3.37. The molecule has 3 atom stereocenters. The second-order valence-electron chi connectivity index (χ2n) is 6.06. The van der Waals surface area contributed by atoms with Gasteiger partial charge in [0.05, 0.1) is 5.92 Å². The molecule has 1 saturated heterocycles. The Hall–Kier alpha value is -1.35. The predicted molar refractivity (Wildman–Crippen MR) is 80.9 cm³/mol. The summed E-state index contributed by atoms with van der Waals surface area (Å²) >= 11 is 0. The smallest absolute Gasteiger partial charge is 0.307 e. The highest BCUT2D eigenvalue weighted by atomic mass is 16.4. The summed E-state index contributed by atoms with van der Waals surface area (Å²) in [6.07, 6.45) is 2.90. The van der Waals surface area contributed by atoms with Crippen LogP contribution in [0.1, 0.15) is 44.6 Å². The Kier molecular flexibility index (Phi) is 5.18. The lowest BCUT2D eigenvalue weighted by molar-refractivity contribution is -0.144. The second-order valence-corrected chi connectivity index (χ2v) is 6.06. The van der Waals surface area contributed by atoms with Gasteiger partial charge in [-0.2, -0.15) is 0 Å². The monoisotopic (exact) mass is 275 g/mol. The number of benzene rings is 1. The maximum absolute atomic E-state index is 11.1. The highest BCUT2D eigenvalue weighted by Gasteiger charge is 2.29. The number of hydrogen-bond acceptors (Lipinski definition) is 2. The van der Waals surface area contributed by atoms with Crippen LogP contribution in [0.25, 0.3) is 0 Å². The van der Waals surface area contributed by atoms with E-state index in [2.05, 4.69) is 43.0 Å². The Bertz CT molecular complexity index is 432. The SMILES string of the molecule is CC(CCN1CC(C(=O)O)CCC1C)c1ccccc1. The largest absolute Gasteiger partial charge is 0.481 e. The van der Waals surface area contributed by atoms with Crippen LogP contribution in [0.15, 0.2) is 30.3 Å². The molecule has 0 amide bonds. The molecule has 110 valence electrons. The summed E-state index contributed by atoms with van der Waals surface area (Å²) in [5.74, 6) is -0.301. The summed E-state index contributed by atoms with van der Waals surface area (Å²) in [6.45, 7) is 6.16. The molecular weight excluding hydrogens is 250 g/mol. The molecule has 3 heteroatoms. The van der Waals surface area contributed by atoms with Crippen molar-refractivity contribution in [3.63, 3.8) is 0 Å². The van der Waals surface area contributed by atoms with Gasteiger partial charge in [0.25, 0.3) is 0 Å². The molecule has 0 aliphatic carbocycles. The molecule has 1 aliphatic heterocycles. The van der Waals surface area contributed by atoms with Gasteiger partial charge in [-0.15, -0.1) is 0 Å². The summed E-state index contributed by atoms with van der Waals surface area (Å²) in [7, 11) is 0. The maximum Gasteiger partial charge on any atom is 0.307 e. The van der Waals surface area contributed by atoms with Crippen molar-refractivity contribution in [3.05, 3.63) is 35.9 Å². The van der Waals surface area contributed by atoms with Gasteiger partial charge in [-0.25, -0.2) is 0 Å². The van der Waals surface area contributed by atoms with Crippen molar-refractivity contribution in [2.45, 2.75) is 45.1 Å². The average Bonchev–Trinajstić information content (AvgIpc) is 2.46. The van der Waals surface area contributed by atoms with Crippen LogP contribution in [0, 0.1) is 5.92 Å². The van der Waals surface area contributed by atoms with Crippen LogP contribution in [0.4, 0.5) is 0 Å². The Morgan fingerprint density at radius 2 is 2.05 bits per heavy atom. The molecule has 1 aromatic rings. The van der Waals surface area contributed by atoms with Gasteiger partial charge < -0.3 is 5.11 Å². The quantitative estimate of drug-likeness (QED) is 0.895. The number of carbonyl (C=O) groups is 1. The molecule has 3 unspecified atom stereocenters. The van der Waals surface area contributed by atoms with Gasteiger partial charge in [-0.05, 0) is 44.2 Å². The highest BCUT2D eigenvalue weighted by molar-refractivity contribution is 5.70. The van der Waals surface area contributed by atoms with Gasteiger partial charge in [0.15, 0.2) is 0 Å². The normalized spacial score (nSPS) is 25.3. The number of rotatable bonds is 5. The Balaban J connectivity index is 1.87. The zero-order valence-corrected chi connectivity index (χ0v) is 12.5. The van der Waals surface area contributed by atoms with Crippen molar-refractivity contribution in [2.24, 2.45) is 5.92 Å². The summed E-state index contributed by atoms with van der Waals surface area (Å²) < 4.78 is 0. The molecule has 1 aliphatic rings. The summed E-state index contributed by atoms with van der Waals surface area (Å²) in [5.41, 5.74) is 1.37. The van der Waals surface area contributed by atoms with Crippen LogP contribution in [0.5, 0.6) is 0 Å². The first-order valence-electron chi connectivity index (χ1n) is 7.59. The lowest BCUT2D eigenvalue weighted by atomic mass is 9.92. The first-order chi connectivity index (χ1) is 9.58. The molecule has 1 aromatic carbocycles. The molecular formula is C17H25NO2. The molecule has 0 aromatic heterocycles. The average molecular weight is 275 g/mol. The van der Waals surface area contributed by atoms with E-state index in [9.17, 15) is 9.90 Å². The maximum atomic E-state index is 11.1. The van der Waals surface area contributed by atoms with Gasteiger partial charge in [0.2, 0.25) is 0 Å². The molecule has 0 bridgehead atoms. The number of piperidine rings is 1. The van der Waals surface area contributed by atoms with Gasteiger partial charge in [0.1, 0.15) is 0 Å². The first kappa shape index (κ1) is 15.0. The minimum Gasteiger partial charge on any atom is -0.481 e. The second kappa shape index (κ2) is 6.89. The van der Waals surface area contributed by atoms with E-state index < -0.39 is 5.97 Å². The minimum atomic E-state index is -0.641. The summed E-state index contributed by atoms with van der Waals surface area (Å²) in [4.78, 5) is 13.5. The van der Waals surface area contributed by atoms with Crippen LogP contribution >= 0.6 is 0 Å². The third kappa shape index (κ3) is 3.83. The van der Waals surface area contributed by atoms with E-state index >= 15 is 0 Å². The highest BCUT2D eigenvalue weighted by Crippen LogP contribution is 2.25. The van der Waals surface area contributed by atoms with Crippen molar-refractivity contribution in [1.29, 1.82) is 0 Å². The van der Waals surface area contributed by atoms with E-state index in [1.54, 1.807) is 0 Å². The van der Waals surface area contributed by atoms with E-state index in [1.807, 2.05) is 6.07 Å². The Labute approximate surface area is 121 Å². The van der Waals surface area contributed by atoms with Crippen LogP contribution in [0.2, 0.25) is 0 Å². The van der Waals surface area contributed by atoms with Gasteiger partial charge in [-0.1, -0.05) is 37.3 Å². The van der Waals surface area contributed by atoms with E-state index in [0.29, 0.717) is 18.5 Å². The molecule has 0 spiro atoms. The van der Waals surface area contributed by atoms with Crippen LogP contribution in [-0.2, 0) is 4.79 Å². The van der Waals surface area contributed by atoms with Crippen molar-refractivity contribution in [3.8, 4) is 0 Å². The third-order valence-electron chi connectivity index (χ3n) is 4.58. The summed E-state index contributed by atoms with van der Waals surface area (Å²) in [6, 6.07) is 11.1. The number of carboxylic acid groups (broad SMARTS) is 1. The number of aliphatic carboxylic acids is 1. The van der Waals surface area contributed by atoms with Crippen molar-refractivity contribution < 1.29 is 9.90 Å². The van der Waals surface area contributed by atoms with Crippen molar-refractivity contribution in [2.75, 3.05) is 13.1 Å². The van der Waals surface area contributed by atoms with Crippen LogP contribution in [-0.4, -0.2) is 35.1 Å². The molecule has 3 nitrogen and oxygen atoms in total. The van der Waals surface area contributed by atoms with E-state index in [-0.39, 0.29) is 5.92 Å². The molecule has 1 N–H and O–H groups in total. The van der Waals surface area contributed by atoms with Gasteiger partial charge in [0, 0.05) is 12.6 Å². The third-order valence-corrected chi connectivity index (χ3v) is 4.58. The number of hydrogen-bond donors (Lipinski definition) is 1. The zero-order chi connectivity index (χ0) is 14.5. The lowest BCUT2D eigenvalue weighted by Gasteiger charge is -2.37. The molecule has 0 saturated carbocycles. The fraction of sp³-hybridized carbons (Fsp3) is 0.588. The summed E-state index contributed by atoms with van der Waals surface area (Å²) in [5, 5.41) is 9.17. The Morgan fingerprint density at radius 1 is 1.35 bits per heavy atom. The van der Waals surface area contributed by atoms with E-state index in [1.165, 1.54) is 5.56 Å². The zero-order valence-electron chi connectivity index (χ0n) is 12.5. The van der Waals surface area contributed by atoms with Gasteiger partial charge >= 0.3 is 5.97 Å². The fourth-order valence-electron chi connectivity index (χ4n) is 3.00. The standard InChI is InChI=1S/C17H25NO2/c1-13(15-6-4-3-5-7-15)10-11-18-12-16(17(19)20)9-8-14(18)2/h3-7,13-14,16H,8-12H2,1-2H3,(H,19,20). The topological polar surface area (TPSA) is 40.5 Å². The van der Waals surface area contributed by atoms with Crippen LogP contribution in [0.3, 0.4) is 0 Å². The molecule has 0 radical (unpaired) electrons. The fourth-order valence-corrected chi connectivity index (χ4v) is 3.00. The Morgan fingerprint density at radius 3 is 2.70 bits per heavy atom. The van der Waals surface area contributed by atoms with Crippen LogP contribution < -0.4 is 0 Å². The number of likely N-dealkylation sites (tertiary alicyclic amines) is 1. The van der Waals surface area contributed by atoms with Crippen molar-refractivity contribution >= 4 is 5.97 Å². The molecule has 1 fully saturated rings. The first-order valence-corrected chi connectivity index (χ1v) is 7.59. The van der Waals surface area contributed by atoms with Gasteiger partial charge in [-0.3, -0.25) is 9.69 Å². The van der Waals surface area contributed by atoms with E-state index in [0.717, 1.165) is 25.8 Å². The minimum absolute atomic E-state index is 0.182. The molecule has 20 heavy (non-hydrogen) atoms. The van der Waals surface area contributed by atoms with Crippen molar-refractivity contribution in [1.82, 2.24) is 4.90 Å². The van der Waals surface area contributed by atoms with E-state index in [4.69, 9.17) is 0 Å². The molecule has 2 rings (SSSR count).